The third-order valence-electron chi connectivity index (χ3n) is 4.39. The summed E-state index contributed by atoms with van der Waals surface area (Å²) in [6.45, 7) is 8.40. The molecule has 1 aliphatic heterocycles. The summed E-state index contributed by atoms with van der Waals surface area (Å²) in [7, 11) is 1.44. The average Bonchev–Trinajstić information content (AvgIpc) is 2.89. The third kappa shape index (κ3) is 0.975. The highest BCUT2D eigenvalue weighted by Crippen LogP contribution is 2.71. The molecule has 15 heavy (non-hydrogen) atoms. The summed E-state index contributed by atoms with van der Waals surface area (Å²) in [6.07, 6.45) is 2.10. The van der Waals surface area contributed by atoms with Crippen LogP contribution in [0.4, 0.5) is 0 Å². The quantitative estimate of drug-likeness (QED) is 0.520. The van der Waals surface area contributed by atoms with Gasteiger partial charge in [0.05, 0.1) is 7.11 Å². The van der Waals surface area contributed by atoms with Crippen molar-refractivity contribution >= 4 is 5.97 Å². The minimum Gasteiger partial charge on any atom is -0.467 e. The Kier molecular flexibility index (Phi) is 2.01. The number of esters is 1. The summed E-state index contributed by atoms with van der Waals surface area (Å²) in [5, 5.41) is 0. The second kappa shape index (κ2) is 2.76. The normalized spacial score (nSPS) is 41.5. The first kappa shape index (κ1) is 10.9. The van der Waals surface area contributed by atoms with Crippen LogP contribution in [-0.2, 0) is 14.3 Å². The van der Waals surface area contributed by atoms with Crippen molar-refractivity contribution in [3.8, 4) is 0 Å². The molecular weight excluding hydrogens is 192 g/mol. The van der Waals surface area contributed by atoms with Gasteiger partial charge in [0.2, 0.25) is 0 Å². The molecule has 0 radical (unpaired) electrons. The molecule has 2 fully saturated rings. The molecule has 3 heteroatoms. The Bertz CT molecular complexity index is 308. The molecule has 0 aromatic heterocycles. The van der Waals surface area contributed by atoms with Crippen LogP contribution in [0.3, 0.4) is 0 Å². The van der Waals surface area contributed by atoms with Crippen LogP contribution in [0, 0.1) is 11.3 Å². The van der Waals surface area contributed by atoms with Gasteiger partial charge in [-0.05, 0) is 24.2 Å². The van der Waals surface area contributed by atoms with Crippen molar-refractivity contribution in [2.24, 2.45) is 11.3 Å². The van der Waals surface area contributed by atoms with Crippen LogP contribution in [-0.4, -0.2) is 24.3 Å². The van der Waals surface area contributed by atoms with Gasteiger partial charge >= 0.3 is 5.97 Å². The summed E-state index contributed by atoms with van der Waals surface area (Å²) in [5.41, 5.74) is -0.823. The summed E-state index contributed by atoms with van der Waals surface area (Å²) >= 11 is 0. The molecule has 2 rings (SSSR count). The zero-order valence-electron chi connectivity index (χ0n) is 10.2. The van der Waals surface area contributed by atoms with Gasteiger partial charge in [-0.3, -0.25) is 0 Å². The van der Waals surface area contributed by atoms with Gasteiger partial charge in [-0.15, -0.1) is 0 Å². The van der Waals surface area contributed by atoms with E-state index in [9.17, 15) is 4.79 Å². The van der Waals surface area contributed by atoms with Crippen molar-refractivity contribution in [3.05, 3.63) is 0 Å². The number of carbonyl (C=O) groups excluding carboxylic acids is 1. The van der Waals surface area contributed by atoms with Crippen LogP contribution in [0.5, 0.6) is 0 Å². The van der Waals surface area contributed by atoms with E-state index >= 15 is 0 Å². The highest BCUT2D eigenvalue weighted by atomic mass is 16.7. The van der Waals surface area contributed by atoms with Crippen molar-refractivity contribution in [3.63, 3.8) is 0 Å². The van der Waals surface area contributed by atoms with E-state index in [4.69, 9.17) is 9.47 Å². The fourth-order valence-corrected chi connectivity index (χ4v) is 3.16. The predicted molar refractivity (Wildman–Crippen MR) is 56.4 cm³/mol. The lowest BCUT2D eigenvalue weighted by Crippen LogP contribution is -2.53. The molecule has 2 atom stereocenters. The lowest BCUT2D eigenvalue weighted by molar-refractivity contribution is -0.149. The molecule has 1 spiro atoms. The van der Waals surface area contributed by atoms with Gasteiger partial charge in [-0.1, -0.05) is 27.7 Å². The predicted octanol–water partition coefficient (Wildman–Crippen LogP) is 2.14. The number of hydrogen-bond donors (Lipinski definition) is 0. The molecule has 86 valence electrons. The zero-order chi connectivity index (χ0) is 11.5. The van der Waals surface area contributed by atoms with Gasteiger partial charge in [-0.25, -0.2) is 4.79 Å². The first-order chi connectivity index (χ1) is 6.84. The van der Waals surface area contributed by atoms with Crippen LogP contribution in [0.2, 0.25) is 0 Å². The summed E-state index contributed by atoms with van der Waals surface area (Å²) in [4.78, 5) is 11.9. The minimum atomic E-state index is -0.677. The van der Waals surface area contributed by atoms with E-state index in [1.165, 1.54) is 7.11 Å². The summed E-state index contributed by atoms with van der Waals surface area (Å²) in [6, 6.07) is 0. The van der Waals surface area contributed by atoms with Crippen LogP contribution < -0.4 is 0 Å². The summed E-state index contributed by atoms with van der Waals surface area (Å²) in [5.74, 6) is -0.0326. The van der Waals surface area contributed by atoms with Gasteiger partial charge in [-0.2, -0.15) is 0 Å². The number of rotatable bonds is 2. The van der Waals surface area contributed by atoms with E-state index in [-0.39, 0.29) is 22.9 Å². The molecule has 0 aromatic carbocycles. The lowest BCUT2D eigenvalue weighted by Gasteiger charge is -2.44. The smallest absolute Gasteiger partial charge is 0.341 e. The monoisotopic (exact) mass is 212 g/mol. The maximum atomic E-state index is 11.9. The van der Waals surface area contributed by atoms with E-state index in [1.807, 2.05) is 13.8 Å². The van der Waals surface area contributed by atoms with Crippen LogP contribution in [0.25, 0.3) is 0 Å². The molecule has 1 saturated carbocycles. The average molecular weight is 212 g/mol. The number of ether oxygens (including phenoxy) is 2. The second-order valence-electron chi connectivity index (χ2n) is 5.69. The van der Waals surface area contributed by atoms with Gasteiger partial charge in [0.15, 0.2) is 5.60 Å². The van der Waals surface area contributed by atoms with Crippen molar-refractivity contribution in [1.82, 2.24) is 0 Å². The van der Waals surface area contributed by atoms with E-state index in [2.05, 4.69) is 13.8 Å². The molecule has 0 amide bonds. The molecule has 0 N–H and O–H groups in total. The molecule has 1 saturated heterocycles. The van der Waals surface area contributed by atoms with E-state index < -0.39 is 5.60 Å². The number of carbonyl (C=O) groups is 1. The van der Waals surface area contributed by atoms with Crippen molar-refractivity contribution in [2.75, 3.05) is 7.11 Å². The number of epoxide rings is 1. The van der Waals surface area contributed by atoms with Crippen molar-refractivity contribution < 1.29 is 14.3 Å². The number of hydrogen-bond acceptors (Lipinski definition) is 3. The Balaban J connectivity index is 2.32. The SMILES string of the molecule is COC(=O)C1(C(C)C)OC12CCC2(C)C. The highest BCUT2D eigenvalue weighted by molar-refractivity contribution is 5.86. The second-order valence-corrected chi connectivity index (χ2v) is 5.69. The van der Waals surface area contributed by atoms with Gasteiger partial charge in [0.1, 0.15) is 5.60 Å². The fraction of sp³-hybridized carbons (Fsp3) is 0.917. The van der Waals surface area contributed by atoms with Gasteiger partial charge in [0, 0.05) is 0 Å². The van der Waals surface area contributed by atoms with Gasteiger partial charge in [0.25, 0.3) is 0 Å². The Labute approximate surface area is 91.1 Å². The van der Waals surface area contributed by atoms with E-state index in [1.54, 1.807) is 0 Å². The standard InChI is InChI=1S/C12H20O3/c1-8(2)12(9(13)14-5)11(15-12)7-6-10(11,3)4/h8H,6-7H2,1-5H3. The molecule has 2 unspecified atom stereocenters. The Hall–Kier alpha value is -0.570. The topological polar surface area (TPSA) is 38.8 Å². The molecule has 0 bridgehead atoms. The molecular formula is C12H20O3. The molecule has 3 nitrogen and oxygen atoms in total. The number of methoxy groups -OCH3 is 1. The maximum absolute atomic E-state index is 11.9. The Morgan fingerprint density at radius 3 is 2.13 bits per heavy atom. The Morgan fingerprint density at radius 2 is 1.93 bits per heavy atom. The van der Waals surface area contributed by atoms with Crippen LogP contribution in [0.1, 0.15) is 40.5 Å². The lowest BCUT2D eigenvalue weighted by atomic mass is 9.55. The maximum Gasteiger partial charge on any atom is 0.341 e. The van der Waals surface area contributed by atoms with Crippen molar-refractivity contribution in [1.29, 1.82) is 0 Å². The van der Waals surface area contributed by atoms with E-state index in [0.29, 0.717) is 0 Å². The molecule has 2 aliphatic rings. The first-order valence-electron chi connectivity index (χ1n) is 5.63. The summed E-state index contributed by atoms with van der Waals surface area (Å²) < 4.78 is 10.8. The molecule has 1 aliphatic carbocycles. The largest absolute Gasteiger partial charge is 0.467 e. The van der Waals surface area contributed by atoms with Gasteiger partial charge < -0.3 is 9.47 Å². The first-order valence-corrected chi connectivity index (χ1v) is 5.63. The van der Waals surface area contributed by atoms with Crippen LogP contribution in [0.15, 0.2) is 0 Å². The zero-order valence-corrected chi connectivity index (χ0v) is 10.2. The van der Waals surface area contributed by atoms with Crippen molar-refractivity contribution in [2.45, 2.75) is 51.7 Å². The minimum absolute atomic E-state index is 0.103. The Morgan fingerprint density at radius 1 is 1.33 bits per heavy atom. The van der Waals surface area contributed by atoms with Crippen LogP contribution >= 0.6 is 0 Å². The molecule has 0 aromatic rings. The highest BCUT2D eigenvalue weighted by Gasteiger charge is 2.84. The fourth-order valence-electron chi connectivity index (χ4n) is 3.16. The molecule has 1 heterocycles. The third-order valence-corrected chi connectivity index (χ3v) is 4.39. The van der Waals surface area contributed by atoms with E-state index in [0.717, 1.165) is 12.8 Å².